The number of hydrogen-bond acceptors (Lipinski definition) is 21. The van der Waals surface area contributed by atoms with Crippen LogP contribution < -0.4 is 0 Å². The highest BCUT2D eigenvalue weighted by Crippen LogP contribution is 2.18. The van der Waals surface area contributed by atoms with Crippen molar-refractivity contribution in [3.8, 4) is 0 Å². The number of aliphatic hydroxyl groups is 7. The second kappa shape index (κ2) is 32.2. The number of carboxylic acids is 6. The summed E-state index contributed by atoms with van der Waals surface area (Å²) < 4.78 is 0. The molecule has 27 heteroatoms. The van der Waals surface area contributed by atoms with Crippen LogP contribution in [-0.4, -0.2) is 342 Å². The maximum absolute atomic E-state index is 11.8. The summed E-state index contributed by atoms with van der Waals surface area (Å²) in [5.41, 5.74) is 0. The molecular formula is C41H76N8O19. The molecule has 2 fully saturated rings. The maximum atomic E-state index is 11.8. The van der Waals surface area contributed by atoms with Crippen molar-refractivity contribution in [3.63, 3.8) is 0 Å². The van der Waals surface area contributed by atoms with Gasteiger partial charge in [-0.15, -0.1) is 0 Å². The minimum absolute atomic E-state index is 0.0716. The molecule has 0 radical (unpaired) electrons. The molecule has 0 aromatic rings. The average Bonchev–Trinajstić information content (AvgIpc) is 3.23. The van der Waals surface area contributed by atoms with Gasteiger partial charge in [-0.25, -0.2) is 0 Å². The maximum Gasteiger partial charge on any atom is 0.317 e. The number of carbonyl (C=O) groups is 6. The van der Waals surface area contributed by atoms with Crippen LogP contribution in [0, 0.1) is 5.92 Å². The number of nitrogens with zero attached hydrogens (tertiary/aromatic N) is 8. The lowest BCUT2D eigenvalue weighted by Gasteiger charge is -2.36. The van der Waals surface area contributed by atoms with E-state index in [1.165, 1.54) is 4.90 Å². The summed E-state index contributed by atoms with van der Waals surface area (Å²) >= 11 is 0. The highest BCUT2D eigenvalue weighted by Gasteiger charge is 2.33. The number of aliphatic hydroxyl groups excluding tert-OH is 7. The van der Waals surface area contributed by atoms with Crippen LogP contribution in [0.2, 0.25) is 0 Å². The standard InChI is InChI=1S/C41H76N8O19/c50-28-33(54)41(68)40(67)32(53)22-49(20-30(51)18-42-3-1-29(17-34(55)56)2-4-43(23-35(57)58)6-10-45(9-5-42)24-36(59)60)21-31(52)19-44-7-11-46(25-37(61)62)13-15-48(27-39(65)66)16-14-47(12-8-44)26-38(63)64/h29-33,40-41,50-54,67-68H,1-28H2,(H,55,56)(H,57,58)(H,59,60)(H,61,62)(H,63,64)(H,65,66). The fraction of sp³-hybridized carbons (Fsp3) is 0.854. The van der Waals surface area contributed by atoms with E-state index in [9.17, 15) is 95.2 Å². The topological polar surface area (TPSA) is 391 Å². The summed E-state index contributed by atoms with van der Waals surface area (Å²) in [5, 5.41) is 132. The Morgan fingerprint density at radius 2 is 0.676 bits per heavy atom. The summed E-state index contributed by atoms with van der Waals surface area (Å²) in [6, 6.07) is 0. The normalized spacial score (nSPS) is 22.3. The monoisotopic (exact) mass is 985 g/mol. The van der Waals surface area contributed by atoms with Crippen LogP contribution in [0.3, 0.4) is 0 Å². The first-order valence-corrected chi connectivity index (χ1v) is 22.8. The molecular weight excluding hydrogens is 908 g/mol. The largest absolute Gasteiger partial charge is 0.481 e. The van der Waals surface area contributed by atoms with Crippen molar-refractivity contribution >= 4 is 35.8 Å². The Morgan fingerprint density at radius 3 is 0.985 bits per heavy atom. The minimum atomic E-state index is -2.00. The van der Waals surface area contributed by atoms with E-state index in [1.807, 2.05) is 4.90 Å². The van der Waals surface area contributed by atoms with Gasteiger partial charge in [0.2, 0.25) is 0 Å². The van der Waals surface area contributed by atoms with Crippen molar-refractivity contribution in [3.05, 3.63) is 0 Å². The molecule has 2 heterocycles. The minimum Gasteiger partial charge on any atom is -0.481 e. The third kappa shape index (κ3) is 26.3. The zero-order valence-corrected chi connectivity index (χ0v) is 38.7. The summed E-state index contributed by atoms with van der Waals surface area (Å²) in [4.78, 5) is 83.3. The predicted molar refractivity (Wildman–Crippen MR) is 238 cm³/mol. The Balaban J connectivity index is 2.38. The highest BCUT2D eigenvalue weighted by atomic mass is 16.4. The number of hydrogen-bond donors (Lipinski definition) is 13. The summed E-state index contributed by atoms with van der Waals surface area (Å²) in [6.45, 7) is -1.33. The first-order valence-electron chi connectivity index (χ1n) is 22.8. The molecule has 68 heavy (non-hydrogen) atoms. The van der Waals surface area contributed by atoms with Gasteiger partial charge in [0.15, 0.2) is 0 Å². The van der Waals surface area contributed by atoms with Crippen molar-refractivity contribution < 1.29 is 95.2 Å². The second-order valence-electron chi connectivity index (χ2n) is 17.8. The molecule has 27 nitrogen and oxygen atoms in total. The van der Waals surface area contributed by atoms with E-state index in [0.717, 1.165) is 0 Å². The predicted octanol–water partition coefficient (Wildman–Crippen LogP) is -7.12. The van der Waals surface area contributed by atoms with Crippen LogP contribution >= 0.6 is 0 Å². The third-order valence-electron chi connectivity index (χ3n) is 12.0. The van der Waals surface area contributed by atoms with Crippen LogP contribution in [0.25, 0.3) is 0 Å². The molecule has 0 spiro atoms. The molecule has 7 unspecified atom stereocenters. The number of rotatable bonds is 26. The van der Waals surface area contributed by atoms with Crippen molar-refractivity contribution in [2.45, 2.75) is 55.9 Å². The Hall–Kier alpha value is -3.78. The lowest BCUT2D eigenvalue weighted by molar-refractivity contribution is -0.140. The van der Waals surface area contributed by atoms with Gasteiger partial charge in [-0.3, -0.25) is 68.0 Å². The first kappa shape index (κ1) is 60.3. The molecule has 2 saturated heterocycles. The quantitative estimate of drug-likeness (QED) is 0.0383. The van der Waals surface area contributed by atoms with Crippen molar-refractivity contribution in [2.24, 2.45) is 5.92 Å². The first-order chi connectivity index (χ1) is 32.0. The molecule has 13 N–H and O–H groups in total. The summed E-state index contributed by atoms with van der Waals surface area (Å²) in [5.74, 6) is -6.99. The molecule has 0 aliphatic carbocycles. The zero-order valence-electron chi connectivity index (χ0n) is 38.7. The van der Waals surface area contributed by atoms with Crippen LogP contribution in [-0.2, 0) is 28.8 Å². The molecule has 7 atom stereocenters. The summed E-state index contributed by atoms with van der Waals surface area (Å²) in [6.07, 6.45) is -9.70. The fourth-order valence-corrected chi connectivity index (χ4v) is 8.38. The molecule has 0 saturated carbocycles. The molecule has 0 amide bonds. The molecule has 0 bridgehead atoms. The van der Waals surface area contributed by atoms with Gasteiger partial charge in [-0.1, -0.05) is 0 Å². The zero-order chi connectivity index (χ0) is 50.9. The van der Waals surface area contributed by atoms with Gasteiger partial charge < -0.3 is 66.4 Å². The second-order valence-corrected chi connectivity index (χ2v) is 17.8. The van der Waals surface area contributed by atoms with E-state index in [-0.39, 0.29) is 163 Å². The van der Waals surface area contributed by atoms with Crippen LogP contribution in [0.5, 0.6) is 0 Å². The van der Waals surface area contributed by atoms with E-state index in [1.54, 1.807) is 29.4 Å². The molecule has 0 aromatic carbocycles. The van der Waals surface area contributed by atoms with Crippen LogP contribution in [0.4, 0.5) is 0 Å². The highest BCUT2D eigenvalue weighted by molar-refractivity contribution is 5.70. The number of β-amino-alcohol motifs (C(OH)–C–C–N with tert-alkyl or cyclic N) is 2. The smallest absolute Gasteiger partial charge is 0.317 e. The van der Waals surface area contributed by atoms with Gasteiger partial charge in [0, 0.05) is 118 Å². The van der Waals surface area contributed by atoms with Crippen LogP contribution in [0.1, 0.15) is 19.3 Å². The van der Waals surface area contributed by atoms with Gasteiger partial charge in [-0.2, -0.15) is 0 Å². The SMILES string of the molecule is O=C(O)CC1CCN(CC(=O)O)CCN(CC(=O)O)CCN(CC(O)CN(CC(O)CN2CCN(CC(=O)O)CCN(CC(=O)O)CCN(CC(=O)O)CC2)CC(O)C(O)C(O)C(O)CO)CC1. The fourth-order valence-electron chi connectivity index (χ4n) is 8.38. The van der Waals surface area contributed by atoms with Crippen LogP contribution in [0.15, 0.2) is 0 Å². The van der Waals surface area contributed by atoms with E-state index < -0.39 is 85.6 Å². The van der Waals surface area contributed by atoms with Gasteiger partial charge in [0.1, 0.15) is 18.3 Å². The van der Waals surface area contributed by atoms with Crippen molar-refractivity contribution in [1.82, 2.24) is 39.2 Å². The van der Waals surface area contributed by atoms with Crippen molar-refractivity contribution in [1.29, 1.82) is 0 Å². The molecule has 2 aliphatic rings. The third-order valence-corrected chi connectivity index (χ3v) is 12.0. The van der Waals surface area contributed by atoms with Gasteiger partial charge in [-0.05, 0) is 31.8 Å². The van der Waals surface area contributed by atoms with E-state index >= 15 is 0 Å². The Morgan fingerprint density at radius 1 is 0.397 bits per heavy atom. The van der Waals surface area contributed by atoms with E-state index in [0.29, 0.717) is 12.8 Å². The lowest BCUT2D eigenvalue weighted by Crippen LogP contribution is -2.53. The Bertz CT molecular complexity index is 1380. The molecule has 0 aromatic heterocycles. The number of carboxylic acid groups (broad SMARTS) is 6. The Kier molecular flexibility index (Phi) is 28.5. The molecule has 2 aliphatic heterocycles. The number of aliphatic carboxylic acids is 6. The van der Waals surface area contributed by atoms with Gasteiger partial charge >= 0.3 is 35.8 Å². The summed E-state index contributed by atoms with van der Waals surface area (Å²) in [7, 11) is 0. The molecule has 394 valence electrons. The van der Waals surface area contributed by atoms with E-state index in [2.05, 4.69) is 0 Å². The Labute approximate surface area is 395 Å². The average molecular weight is 985 g/mol. The van der Waals surface area contributed by atoms with Gasteiger partial charge in [0.05, 0.1) is 57.6 Å². The molecule has 2 rings (SSSR count). The lowest BCUT2D eigenvalue weighted by atomic mass is 9.96. The van der Waals surface area contributed by atoms with E-state index in [4.69, 9.17) is 0 Å². The van der Waals surface area contributed by atoms with Crippen molar-refractivity contribution in [2.75, 3.05) is 164 Å². The van der Waals surface area contributed by atoms with Gasteiger partial charge in [0.25, 0.3) is 0 Å².